The largest absolute Gasteiger partial charge is 0.491 e. The van der Waals surface area contributed by atoms with Gasteiger partial charge in [0, 0.05) is 5.69 Å². The van der Waals surface area contributed by atoms with E-state index >= 15 is 0 Å². The van der Waals surface area contributed by atoms with Gasteiger partial charge in [-0.05, 0) is 44.8 Å². The first-order valence-corrected chi connectivity index (χ1v) is 6.89. The maximum atomic E-state index is 12.2. The number of aliphatic hydroxyl groups excluding tert-OH is 1. The van der Waals surface area contributed by atoms with Gasteiger partial charge < -0.3 is 15.2 Å². The molecule has 0 saturated heterocycles. The van der Waals surface area contributed by atoms with E-state index in [4.69, 9.17) is 9.84 Å². The summed E-state index contributed by atoms with van der Waals surface area (Å²) < 4.78 is 5.27. The number of benzene rings is 1. The van der Waals surface area contributed by atoms with Crippen molar-refractivity contribution in [1.82, 2.24) is 4.90 Å². The number of ether oxygens (including phenoxy) is 1. The molecular weight excluding hydrogens is 256 g/mol. The fraction of sp³-hybridized carbons (Fsp3) is 0.533. The number of nitrogens with zero attached hydrogens (tertiary/aromatic N) is 1. The number of likely N-dealkylation sites (N-methyl/N-ethyl adjacent to an activating group) is 1. The van der Waals surface area contributed by atoms with E-state index in [1.54, 1.807) is 24.3 Å². The number of carbonyl (C=O) groups excluding carboxylic acids is 1. The van der Waals surface area contributed by atoms with Gasteiger partial charge in [0.05, 0.1) is 12.6 Å². The summed E-state index contributed by atoms with van der Waals surface area (Å²) in [4.78, 5) is 14.1. The Morgan fingerprint density at radius 1 is 1.35 bits per heavy atom. The van der Waals surface area contributed by atoms with Gasteiger partial charge in [-0.15, -0.1) is 0 Å². The Morgan fingerprint density at radius 3 is 2.50 bits per heavy atom. The SMILES string of the molecule is CCCC(C(=O)Nc1ccc(OCCO)cc1)N(C)C. The van der Waals surface area contributed by atoms with E-state index in [9.17, 15) is 4.79 Å². The van der Waals surface area contributed by atoms with Crippen LogP contribution in [0.5, 0.6) is 5.75 Å². The number of anilines is 1. The molecule has 0 heterocycles. The van der Waals surface area contributed by atoms with Crippen molar-refractivity contribution in [3.63, 3.8) is 0 Å². The number of aliphatic hydroxyl groups is 1. The van der Waals surface area contributed by atoms with Gasteiger partial charge in [-0.3, -0.25) is 9.69 Å². The summed E-state index contributed by atoms with van der Waals surface area (Å²) in [5.74, 6) is 0.677. The van der Waals surface area contributed by atoms with Crippen molar-refractivity contribution in [3.05, 3.63) is 24.3 Å². The number of amides is 1. The monoisotopic (exact) mass is 280 g/mol. The van der Waals surface area contributed by atoms with E-state index in [1.165, 1.54) is 0 Å². The van der Waals surface area contributed by atoms with E-state index in [2.05, 4.69) is 12.2 Å². The first-order chi connectivity index (χ1) is 9.58. The molecule has 0 aromatic heterocycles. The van der Waals surface area contributed by atoms with E-state index in [-0.39, 0.29) is 25.2 Å². The molecule has 0 aliphatic carbocycles. The molecule has 1 rings (SSSR count). The van der Waals surface area contributed by atoms with Crippen LogP contribution in [0, 0.1) is 0 Å². The molecule has 5 nitrogen and oxygen atoms in total. The maximum absolute atomic E-state index is 12.2. The highest BCUT2D eigenvalue weighted by atomic mass is 16.5. The molecule has 1 aromatic rings. The van der Waals surface area contributed by atoms with Gasteiger partial charge in [0.2, 0.25) is 5.91 Å². The van der Waals surface area contributed by atoms with Crippen molar-refractivity contribution in [1.29, 1.82) is 0 Å². The van der Waals surface area contributed by atoms with Crippen molar-refractivity contribution in [2.75, 3.05) is 32.6 Å². The molecule has 0 radical (unpaired) electrons. The molecular formula is C15H24N2O3. The minimum Gasteiger partial charge on any atom is -0.491 e. The van der Waals surface area contributed by atoms with Crippen LogP contribution in [-0.2, 0) is 4.79 Å². The fourth-order valence-electron chi connectivity index (χ4n) is 1.92. The lowest BCUT2D eigenvalue weighted by Gasteiger charge is -2.22. The van der Waals surface area contributed by atoms with Gasteiger partial charge in [-0.2, -0.15) is 0 Å². The van der Waals surface area contributed by atoms with Crippen LogP contribution < -0.4 is 10.1 Å². The van der Waals surface area contributed by atoms with Crippen LogP contribution in [0.2, 0.25) is 0 Å². The lowest BCUT2D eigenvalue weighted by molar-refractivity contribution is -0.120. The van der Waals surface area contributed by atoms with E-state index in [1.807, 2.05) is 19.0 Å². The van der Waals surface area contributed by atoms with Crippen molar-refractivity contribution in [2.24, 2.45) is 0 Å². The smallest absolute Gasteiger partial charge is 0.241 e. The fourth-order valence-corrected chi connectivity index (χ4v) is 1.92. The zero-order chi connectivity index (χ0) is 15.0. The second-order valence-corrected chi connectivity index (χ2v) is 4.85. The highest BCUT2D eigenvalue weighted by Gasteiger charge is 2.19. The Bertz CT molecular complexity index is 404. The lowest BCUT2D eigenvalue weighted by Crippen LogP contribution is -2.39. The standard InChI is InChI=1S/C15H24N2O3/c1-4-5-14(17(2)3)15(19)16-12-6-8-13(9-7-12)20-11-10-18/h6-9,14,18H,4-5,10-11H2,1-3H3,(H,16,19). The van der Waals surface area contributed by atoms with Gasteiger partial charge in [0.25, 0.3) is 0 Å². The quantitative estimate of drug-likeness (QED) is 0.761. The number of nitrogens with one attached hydrogen (secondary N) is 1. The minimum absolute atomic E-state index is 0.000812. The summed E-state index contributed by atoms with van der Waals surface area (Å²) in [5, 5.41) is 11.6. The molecule has 0 spiro atoms. The average molecular weight is 280 g/mol. The third kappa shape index (κ3) is 5.19. The third-order valence-corrected chi connectivity index (χ3v) is 2.97. The molecule has 1 amide bonds. The predicted octanol–water partition coefficient (Wildman–Crippen LogP) is 1.73. The molecule has 5 heteroatoms. The van der Waals surface area contributed by atoms with Crippen LogP contribution in [0.3, 0.4) is 0 Å². The van der Waals surface area contributed by atoms with Crippen LogP contribution in [0.25, 0.3) is 0 Å². The highest BCUT2D eigenvalue weighted by Crippen LogP contribution is 2.16. The van der Waals surface area contributed by atoms with Crippen LogP contribution >= 0.6 is 0 Å². The van der Waals surface area contributed by atoms with Crippen molar-refractivity contribution >= 4 is 11.6 Å². The molecule has 0 aliphatic rings. The Kier molecular flexibility index (Phi) is 7.04. The third-order valence-electron chi connectivity index (χ3n) is 2.97. The summed E-state index contributed by atoms with van der Waals surface area (Å²) in [6.45, 7) is 2.32. The first kappa shape index (κ1) is 16.5. The predicted molar refractivity (Wildman–Crippen MR) is 80.0 cm³/mol. The van der Waals surface area contributed by atoms with E-state index in [0.29, 0.717) is 5.75 Å². The van der Waals surface area contributed by atoms with Gasteiger partial charge in [0.1, 0.15) is 12.4 Å². The van der Waals surface area contributed by atoms with Crippen molar-refractivity contribution < 1.29 is 14.6 Å². The second kappa shape index (κ2) is 8.55. The van der Waals surface area contributed by atoms with Gasteiger partial charge in [-0.25, -0.2) is 0 Å². The molecule has 1 atom stereocenters. The molecule has 0 aliphatic heterocycles. The summed E-state index contributed by atoms with van der Waals surface area (Å²) in [5.41, 5.74) is 0.745. The molecule has 112 valence electrons. The Hall–Kier alpha value is -1.59. The molecule has 1 unspecified atom stereocenters. The van der Waals surface area contributed by atoms with E-state index in [0.717, 1.165) is 18.5 Å². The number of hydrogen-bond donors (Lipinski definition) is 2. The van der Waals surface area contributed by atoms with Crippen LogP contribution in [0.1, 0.15) is 19.8 Å². The number of hydrogen-bond acceptors (Lipinski definition) is 4. The van der Waals surface area contributed by atoms with Crippen LogP contribution in [0.15, 0.2) is 24.3 Å². The highest BCUT2D eigenvalue weighted by molar-refractivity contribution is 5.94. The topological polar surface area (TPSA) is 61.8 Å². The summed E-state index contributed by atoms with van der Waals surface area (Å²) in [6, 6.07) is 7.02. The minimum atomic E-state index is -0.120. The van der Waals surface area contributed by atoms with Crippen LogP contribution in [-0.4, -0.2) is 49.3 Å². The Labute approximate surface area is 120 Å². The lowest BCUT2D eigenvalue weighted by atomic mass is 10.1. The normalized spacial score (nSPS) is 12.2. The first-order valence-electron chi connectivity index (χ1n) is 6.89. The van der Waals surface area contributed by atoms with Crippen molar-refractivity contribution in [3.8, 4) is 5.75 Å². The van der Waals surface area contributed by atoms with Crippen molar-refractivity contribution in [2.45, 2.75) is 25.8 Å². The maximum Gasteiger partial charge on any atom is 0.241 e. The molecule has 2 N–H and O–H groups in total. The van der Waals surface area contributed by atoms with Gasteiger partial charge >= 0.3 is 0 Å². The molecule has 20 heavy (non-hydrogen) atoms. The van der Waals surface area contributed by atoms with Gasteiger partial charge in [0.15, 0.2) is 0 Å². The molecule has 0 bridgehead atoms. The number of carbonyl (C=O) groups is 1. The number of rotatable bonds is 8. The Balaban J connectivity index is 2.60. The summed E-state index contributed by atoms with van der Waals surface area (Å²) in [7, 11) is 3.82. The molecule has 1 aromatic carbocycles. The molecule has 0 fully saturated rings. The zero-order valence-corrected chi connectivity index (χ0v) is 12.4. The van der Waals surface area contributed by atoms with Crippen LogP contribution in [0.4, 0.5) is 5.69 Å². The second-order valence-electron chi connectivity index (χ2n) is 4.85. The summed E-state index contributed by atoms with van der Waals surface area (Å²) in [6.07, 6.45) is 1.79. The average Bonchev–Trinajstić information content (AvgIpc) is 2.43. The Morgan fingerprint density at radius 2 is 2.00 bits per heavy atom. The van der Waals surface area contributed by atoms with E-state index < -0.39 is 0 Å². The molecule has 0 saturated carbocycles. The summed E-state index contributed by atoms with van der Waals surface area (Å²) >= 11 is 0. The van der Waals surface area contributed by atoms with Gasteiger partial charge in [-0.1, -0.05) is 13.3 Å². The zero-order valence-electron chi connectivity index (χ0n) is 12.4.